The maximum atomic E-state index is 12.7. The summed E-state index contributed by atoms with van der Waals surface area (Å²) in [5.74, 6) is 1.85. The lowest BCUT2D eigenvalue weighted by atomic mass is 9.69. The summed E-state index contributed by atoms with van der Waals surface area (Å²) in [6.45, 7) is 0. The minimum atomic E-state index is -0.0931. The van der Waals surface area contributed by atoms with E-state index in [1.165, 1.54) is 43.9 Å². The Kier molecular flexibility index (Phi) is 6.77. The molecule has 1 heterocycles. The maximum absolute atomic E-state index is 12.7. The molecule has 2 aromatic rings. The van der Waals surface area contributed by atoms with Crippen LogP contribution in [-0.2, 0) is 11.8 Å². The highest BCUT2D eigenvalue weighted by atomic mass is 32.2. The van der Waals surface area contributed by atoms with Gasteiger partial charge in [0, 0.05) is 36.7 Å². The summed E-state index contributed by atoms with van der Waals surface area (Å²) in [6.07, 6.45) is 12.4. The lowest BCUT2D eigenvalue weighted by molar-refractivity contribution is -0.113. The van der Waals surface area contributed by atoms with Gasteiger partial charge in [-0.25, -0.2) is 4.98 Å². The standard InChI is InChI=1S/C23H30N4O2S/c1-27-13-12-24-23(27)30-15-21(28)25-19-9-7-17(8-10-19)22(29)26-20-11-6-16-4-2-3-5-18(16)14-20/h7-10,12-13,16,18,20H,2-6,11,14-15H2,1H3,(H,25,28)(H,26,29)/t16-,18+,20+/m0/s1. The molecule has 0 saturated heterocycles. The van der Waals surface area contributed by atoms with E-state index >= 15 is 0 Å². The fraction of sp³-hybridized carbons (Fsp3) is 0.522. The van der Waals surface area contributed by atoms with Crippen LogP contribution in [0.5, 0.6) is 0 Å². The fourth-order valence-electron chi connectivity index (χ4n) is 4.80. The normalized spacial score (nSPS) is 23.4. The van der Waals surface area contributed by atoms with Gasteiger partial charge < -0.3 is 15.2 Å². The van der Waals surface area contributed by atoms with Crippen LogP contribution < -0.4 is 10.6 Å². The third-order valence-electron chi connectivity index (χ3n) is 6.42. The molecule has 0 radical (unpaired) electrons. The highest BCUT2D eigenvalue weighted by Gasteiger charge is 2.32. The number of nitrogens with one attached hydrogen (secondary N) is 2. The monoisotopic (exact) mass is 426 g/mol. The second-order valence-electron chi connectivity index (χ2n) is 8.52. The molecule has 160 valence electrons. The number of benzene rings is 1. The van der Waals surface area contributed by atoms with Crippen LogP contribution in [0.1, 0.15) is 55.3 Å². The molecule has 1 aromatic carbocycles. The highest BCUT2D eigenvalue weighted by Crippen LogP contribution is 2.40. The average molecular weight is 427 g/mol. The molecule has 30 heavy (non-hydrogen) atoms. The predicted octanol–water partition coefficient (Wildman–Crippen LogP) is 4.24. The smallest absolute Gasteiger partial charge is 0.251 e. The van der Waals surface area contributed by atoms with E-state index in [0.29, 0.717) is 17.3 Å². The molecule has 2 fully saturated rings. The summed E-state index contributed by atoms with van der Waals surface area (Å²) in [6, 6.07) is 7.43. The van der Waals surface area contributed by atoms with Crippen LogP contribution in [0.25, 0.3) is 0 Å². The van der Waals surface area contributed by atoms with E-state index < -0.39 is 0 Å². The van der Waals surface area contributed by atoms with Crippen LogP contribution in [-0.4, -0.2) is 33.2 Å². The van der Waals surface area contributed by atoms with Gasteiger partial charge in [0.05, 0.1) is 5.75 Å². The van der Waals surface area contributed by atoms with Crippen LogP contribution in [0, 0.1) is 11.8 Å². The number of thioether (sulfide) groups is 1. The van der Waals surface area contributed by atoms with Gasteiger partial charge in [-0.3, -0.25) is 9.59 Å². The third kappa shape index (κ3) is 5.25. The Balaban J connectivity index is 1.25. The zero-order chi connectivity index (χ0) is 20.9. The summed E-state index contributed by atoms with van der Waals surface area (Å²) in [7, 11) is 1.90. The second kappa shape index (κ2) is 9.69. The van der Waals surface area contributed by atoms with Gasteiger partial charge in [0.1, 0.15) is 0 Å². The van der Waals surface area contributed by atoms with Crippen molar-refractivity contribution in [3.8, 4) is 0 Å². The number of hydrogen-bond donors (Lipinski definition) is 2. The van der Waals surface area contributed by atoms with Gasteiger partial charge in [0.25, 0.3) is 5.91 Å². The Hall–Kier alpha value is -2.28. The first-order valence-corrected chi connectivity index (χ1v) is 11.9. The minimum absolute atomic E-state index is 0.0162. The Morgan fingerprint density at radius 1 is 1.10 bits per heavy atom. The van der Waals surface area contributed by atoms with Gasteiger partial charge >= 0.3 is 0 Å². The van der Waals surface area contributed by atoms with Gasteiger partial charge in [-0.15, -0.1) is 0 Å². The van der Waals surface area contributed by atoms with Crippen molar-refractivity contribution < 1.29 is 9.59 Å². The molecule has 2 aliphatic rings. The Bertz CT molecular complexity index is 880. The molecule has 0 spiro atoms. The molecule has 2 N–H and O–H groups in total. The summed E-state index contributed by atoms with van der Waals surface area (Å²) in [4.78, 5) is 29.0. The van der Waals surface area contributed by atoms with Crippen molar-refractivity contribution in [3.63, 3.8) is 0 Å². The highest BCUT2D eigenvalue weighted by molar-refractivity contribution is 7.99. The summed E-state index contributed by atoms with van der Waals surface area (Å²) in [5, 5.41) is 6.91. The molecule has 0 bridgehead atoms. The van der Waals surface area contributed by atoms with E-state index in [9.17, 15) is 9.59 Å². The first-order valence-electron chi connectivity index (χ1n) is 10.9. The lowest BCUT2D eigenvalue weighted by Crippen LogP contribution is -2.41. The third-order valence-corrected chi connectivity index (χ3v) is 7.47. The van der Waals surface area contributed by atoms with Crippen LogP contribution in [0.3, 0.4) is 0 Å². The summed E-state index contributed by atoms with van der Waals surface area (Å²) < 4.78 is 1.88. The molecule has 0 unspecified atom stereocenters. The quantitative estimate of drug-likeness (QED) is 0.678. The topological polar surface area (TPSA) is 76.0 Å². The van der Waals surface area contributed by atoms with Crippen LogP contribution in [0.2, 0.25) is 0 Å². The molecule has 1 aromatic heterocycles. The number of carbonyl (C=O) groups excluding carboxylic acids is 2. The van der Waals surface area contributed by atoms with Gasteiger partial charge in [-0.1, -0.05) is 37.4 Å². The maximum Gasteiger partial charge on any atom is 0.251 e. The number of fused-ring (bicyclic) bond motifs is 1. The second-order valence-corrected chi connectivity index (χ2v) is 9.47. The average Bonchev–Trinajstić information content (AvgIpc) is 3.17. The Labute approximate surface area is 182 Å². The van der Waals surface area contributed by atoms with Gasteiger partial charge in [0.2, 0.25) is 5.91 Å². The van der Waals surface area contributed by atoms with Gasteiger partial charge in [0.15, 0.2) is 5.16 Å². The summed E-state index contributed by atoms with van der Waals surface area (Å²) >= 11 is 1.39. The molecular weight excluding hydrogens is 396 g/mol. The first kappa shape index (κ1) is 21.0. The zero-order valence-electron chi connectivity index (χ0n) is 17.5. The number of rotatable bonds is 6. The van der Waals surface area contributed by atoms with Crippen molar-refractivity contribution in [1.82, 2.24) is 14.9 Å². The van der Waals surface area contributed by atoms with Crippen molar-refractivity contribution in [2.45, 2.75) is 56.1 Å². The first-order chi connectivity index (χ1) is 14.6. The molecular formula is C23H30N4O2S. The van der Waals surface area contributed by atoms with Crippen molar-refractivity contribution in [1.29, 1.82) is 0 Å². The van der Waals surface area contributed by atoms with Crippen molar-refractivity contribution >= 4 is 29.3 Å². The van der Waals surface area contributed by atoms with E-state index in [1.54, 1.807) is 30.5 Å². The minimum Gasteiger partial charge on any atom is -0.349 e. The SMILES string of the molecule is Cn1ccnc1SCC(=O)Nc1ccc(C(=O)N[C@@H]2CC[C@@H]3CCCC[C@@H]3C2)cc1. The Morgan fingerprint density at radius 3 is 2.60 bits per heavy atom. The number of carbonyl (C=O) groups is 2. The number of nitrogens with zero attached hydrogens (tertiary/aromatic N) is 2. The van der Waals surface area contributed by atoms with Crippen molar-refractivity contribution in [2.24, 2.45) is 18.9 Å². The predicted molar refractivity (Wildman–Crippen MR) is 120 cm³/mol. The number of hydrogen-bond acceptors (Lipinski definition) is 4. The Morgan fingerprint density at radius 2 is 1.87 bits per heavy atom. The van der Waals surface area contributed by atoms with Crippen LogP contribution in [0.15, 0.2) is 41.8 Å². The number of aromatic nitrogens is 2. The molecule has 6 nitrogen and oxygen atoms in total. The van der Waals surface area contributed by atoms with E-state index in [1.807, 2.05) is 17.8 Å². The van der Waals surface area contributed by atoms with Crippen molar-refractivity contribution in [2.75, 3.05) is 11.1 Å². The van der Waals surface area contributed by atoms with Crippen LogP contribution in [0.4, 0.5) is 5.69 Å². The molecule has 0 aliphatic heterocycles. The zero-order valence-corrected chi connectivity index (χ0v) is 18.3. The lowest BCUT2D eigenvalue weighted by Gasteiger charge is -2.39. The van der Waals surface area contributed by atoms with Crippen molar-refractivity contribution in [3.05, 3.63) is 42.2 Å². The molecule has 2 amide bonds. The van der Waals surface area contributed by atoms with Gasteiger partial charge in [-0.05, 0) is 55.4 Å². The van der Waals surface area contributed by atoms with E-state index in [4.69, 9.17) is 0 Å². The molecule has 7 heteroatoms. The number of anilines is 1. The molecule has 2 saturated carbocycles. The fourth-order valence-corrected chi connectivity index (χ4v) is 5.53. The molecule has 4 rings (SSSR count). The van der Waals surface area contributed by atoms with E-state index in [-0.39, 0.29) is 17.6 Å². The molecule has 3 atom stereocenters. The number of amides is 2. The van der Waals surface area contributed by atoms with E-state index in [2.05, 4.69) is 15.6 Å². The summed E-state index contributed by atoms with van der Waals surface area (Å²) in [5.41, 5.74) is 1.33. The van der Waals surface area contributed by atoms with Gasteiger partial charge in [-0.2, -0.15) is 0 Å². The number of aryl methyl sites for hydroxylation is 1. The van der Waals surface area contributed by atoms with E-state index in [0.717, 1.165) is 29.8 Å². The number of imidazole rings is 1. The van der Waals surface area contributed by atoms with Crippen LogP contribution >= 0.6 is 11.8 Å². The largest absolute Gasteiger partial charge is 0.349 e. The molecule has 2 aliphatic carbocycles.